The molecule has 0 saturated heterocycles. The van der Waals surface area contributed by atoms with Crippen LogP contribution < -0.4 is 0 Å². The van der Waals surface area contributed by atoms with E-state index < -0.39 is 33.3 Å². The first-order chi connectivity index (χ1) is 18.1. The van der Waals surface area contributed by atoms with Crippen molar-refractivity contribution in [3.8, 4) is 16.8 Å². The zero-order valence-corrected chi connectivity index (χ0v) is 24.5. The minimum absolute atomic E-state index is 0.255. The second-order valence-corrected chi connectivity index (χ2v) is 13.3. The van der Waals surface area contributed by atoms with Crippen LogP contribution >= 0.6 is 23.2 Å². The number of imidazole rings is 1. The summed E-state index contributed by atoms with van der Waals surface area (Å²) < 4.78 is 41.0. The maximum atomic E-state index is 14.7. The van der Waals surface area contributed by atoms with Gasteiger partial charge >= 0.3 is 0 Å². The molecule has 2 N–H and O–H groups in total. The molecule has 0 aliphatic carbocycles. The third kappa shape index (κ3) is 5.62. The van der Waals surface area contributed by atoms with Gasteiger partial charge in [0.2, 0.25) is 0 Å². The average Bonchev–Trinajstić information content (AvgIpc) is 3.30. The molecule has 0 amide bonds. The van der Waals surface area contributed by atoms with Gasteiger partial charge in [-0.15, -0.1) is 0 Å². The summed E-state index contributed by atoms with van der Waals surface area (Å²) in [6.07, 6.45) is 2.72. The van der Waals surface area contributed by atoms with Gasteiger partial charge < -0.3 is 14.8 Å². The molecule has 1 aromatic heterocycles. The molecule has 0 aliphatic heterocycles. The third-order valence-corrected chi connectivity index (χ3v) is 8.46. The fraction of sp³-hybridized carbons (Fsp3) is 0.276. The van der Waals surface area contributed by atoms with Crippen molar-refractivity contribution in [3.63, 3.8) is 0 Å². The van der Waals surface area contributed by atoms with E-state index in [0.29, 0.717) is 43.9 Å². The van der Waals surface area contributed by atoms with Gasteiger partial charge in [0.1, 0.15) is 17.2 Å². The van der Waals surface area contributed by atoms with E-state index in [2.05, 4.69) is 0 Å². The highest BCUT2D eigenvalue weighted by molar-refractivity contribution is 7.90. The molecule has 0 fully saturated rings. The van der Waals surface area contributed by atoms with E-state index in [4.69, 9.17) is 28.2 Å². The van der Waals surface area contributed by atoms with Crippen molar-refractivity contribution in [1.82, 2.24) is 9.55 Å². The molecule has 0 spiro atoms. The lowest BCUT2D eigenvalue weighted by Gasteiger charge is -2.28. The third-order valence-electron chi connectivity index (χ3n) is 6.67. The maximum Gasteiger partial charge on any atom is 0.176 e. The molecule has 0 bridgehead atoms. The molecule has 0 radical (unpaired) electrons. The molecule has 0 saturated carbocycles. The van der Waals surface area contributed by atoms with E-state index in [1.165, 1.54) is 12.1 Å². The number of aromatic nitrogens is 2. The fourth-order valence-corrected chi connectivity index (χ4v) is 6.42. The second-order valence-electron chi connectivity index (χ2n) is 10.5. The molecule has 6 nitrogen and oxygen atoms in total. The molecule has 39 heavy (non-hydrogen) atoms. The Morgan fingerprint density at radius 1 is 0.974 bits per heavy atom. The number of halogens is 3. The summed E-state index contributed by atoms with van der Waals surface area (Å²) in [5.41, 5.74) is 0.487. The van der Waals surface area contributed by atoms with Crippen LogP contribution in [0.3, 0.4) is 0 Å². The van der Waals surface area contributed by atoms with Gasteiger partial charge in [-0.25, -0.2) is 17.8 Å². The van der Waals surface area contributed by atoms with Gasteiger partial charge in [-0.2, -0.15) is 0 Å². The lowest BCUT2D eigenvalue weighted by Crippen LogP contribution is -2.25. The predicted octanol–water partition coefficient (Wildman–Crippen LogP) is 6.43. The Balaban J connectivity index is 1.86. The SMILES string of the molecule is CC(C)(O)c1cn(-c2ccc(-c3cc(F)c(CO)c(S(C)(=O)=O)c3)cc2)c(C(C)(C)c2c(Cl)cccc2Cl)n1. The largest absolute Gasteiger partial charge is 0.392 e. The zero-order chi connectivity index (χ0) is 28.9. The van der Waals surface area contributed by atoms with Crippen LogP contribution in [0.15, 0.2) is 65.7 Å². The van der Waals surface area contributed by atoms with Crippen LogP contribution in [0.25, 0.3) is 16.8 Å². The number of aliphatic hydroxyl groups is 2. The number of sulfone groups is 1. The summed E-state index contributed by atoms with van der Waals surface area (Å²) in [5, 5.41) is 21.2. The number of benzene rings is 3. The van der Waals surface area contributed by atoms with Crippen molar-refractivity contribution >= 4 is 33.0 Å². The van der Waals surface area contributed by atoms with E-state index in [0.717, 1.165) is 6.26 Å². The summed E-state index contributed by atoms with van der Waals surface area (Å²) in [6.45, 7) is 6.45. The summed E-state index contributed by atoms with van der Waals surface area (Å²) in [4.78, 5) is 4.54. The van der Waals surface area contributed by atoms with Crippen LogP contribution in [0, 0.1) is 5.82 Å². The lowest BCUT2D eigenvalue weighted by atomic mass is 9.83. The molecular formula is C29H29Cl2FN2O4S. The monoisotopic (exact) mass is 590 g/mol. The van der Waals surface area contributed by atoms with E-state index in [-0.39, 0.29) is 10.5 Å². The van der Waals surface area contributed by atoms with Crippen LogP contribution in [-0.4, -0.2) is 34.4 Å². The van der Waals surface area contributed by atoms with Gasteiger partial charge in [0.15, 0.2) is 9.84 Å². The van der Waals surface area contributed by atoms with E-state index >= 15 is 0 Å². The molecule has 1 heterocycles. The van der Waals surface area contributed by atoms with E-state index in [1.54, 1.807) is 62.5 Å². The molecule has 0 unspecified atom stereocenters. The van der Waals surface area contributed by atoms with Crippen molar-refractivity contribution < 1.29 is 23.0 Å². The van der Waals surface area contributed by atoms with Gasteiger partial charge in [-0.3, -0.25) is 0 Å². The topological polar surface area (TPSA) is 92.4 Å². The minimum Gasteiger partial charge on any atom is -0.392 e. The Bertz CT molecular complexity index is 1640. The molecule has 0 aliphatic rings. The van der Waals surface area contributed by atoms with Crippen LogP contribution in [0.2, 0.25) is 10.0 Å². The molecule has 4 aromatic rings. The Labute approximate surface area is 237 Å². The molecule has 0 atom stereocenters. The van der Waals surface area contributed by atoms with Crippen LogP contribution in [0.1, 0.15) is 50.3 Å². The van der Waals surface area contributed by atoms with Gasteiger partial charge in [0, 0.05) is 39.3 Å². The first-order valence-electron chi connectivity index (χ1n) is 12.1. The Kier molecular flexibility index (Phi) is 7.75. The number of rotatable bonds is 7. The Morgan fingerprint density at radius 2 is 1.56 bits per heavy atom. The number of hydrogen-bond donors (Lipinski definition) is 2. The summed E-state index contributed by atoms with van der Waals surface area (Å²) in [5.74, 6) is -0.218. The first kappa shape index (κ1) is 29.2. The fourth-order valence-electron chi connectivity index (χ4n) is 4.60. The zero-order valence-electron chi connectivity index (χ0n) is 22.1. The molecule has 4 rings (SSSR count). The Hall–Kier alpha value is -2.75. The highest BCUT2D eigenvalue weighted by Crippen LogP contribution is 2.41. The Morgan fingerprint density at radius 3 is 2.08 bits per heavy atom. The quantitative estimate of drug-likeness (QED) is 0.258. The highest BCUT2D eigenvalue weighted by Gasteiger charge is 2.35. The minimum atomic E-state index is -3.77. The second kappa shape index (κ2) is 10.3. The van der Waals surface area contributed by atoms with Crippen molar-refractivity contribution in [2.45, 2.75) is 50.2 Å². The smallest absolute Gasteiger partial charge is 0.176 e. The lowest BCUT2D eigenvalue weighted by molar-refractivity contribution is 0.0740. The van der Waals surface area contributed by atoms with Gasteiger partial charge in [-0.05, 0) is 75.2 Å². The van der Waals surface area contributed by atoms with Crippen LogP contribution in [0.4, 0.5) is 4.39 Å². The van der Waals surface area contributed by atoms with Crippen molar-refractivity contribution in [1.29, 1.82) is 0 Å². The van der Waals surface area contributed by atoms with Crippen LogP contribution in [0.5, 0.6) is 0 Å². The van der Waals surface area contributed by atoms with Gasteiger partial charge in [0.25, 0.3) is 0 Å². The highest BCUT2D eigenvalue weighted by atomic mass is 35.5. The summed E-state index contributed by atoms with van der Waals surface area (Å²) >= 11 is 13.1. The standard InChI is InChI=1S/C29H29Cl2FN2O4S/c1-28(2,26-21(30)7-6-8-22(26)31)27-33-25(29(3,4)36)15-34(27)19-11-9-17(10-12-19)18-13-23(32)20(16-35)24(14-18)39(5,37)38/h6-15,35-36H,16H2,1-5H3. The van der Waals surface area contributed by atoms with Crippen molar-refractivity contribution in [2.75, 3.05) is 6.26 Å². The summed E-state index contributed by atoms with van der Waals surface area (Å²) in [7, 11) is -3.77. The molecule has 3 aromatic carbocycles. The average molecular weight is 592 g/mol. The maximum absolute atomic E-state index is 14.7. The molecule has 206 valence electrons. The van der Waals surface area contributed by atoms with E-state index in [9.17, 15) is 23.0 Å². The van der Waals surface area contributed by atoms with Crippen molar-refractivity contribution in [2.24, 2.45) is 0 Å². The molecular weight excluding hydrogens is 562 g/mol. The van der Waals surface area contributed by atoms with E-state index in [1.807, 2.05) is 18.4 Å². The number of hydrogen-bond acceptors (Lipinski definition) is 5. The number of aliphatic hydroxyl groups excluding tert-OH is 1. The van der Waals surface area contributed by atoms with Crippen LogP contribution in [-0.2, 0) is 27.5 Å². The predicted molar refractivity (Wildman–Crippen MR) is 152 cm³/mol. The molecule has 10 heteroatoms. The summed E-state index contributed by atoms with van der Waals surface area (Å²) in [6, 6.07) is 14.9. The van der Waals surface area contributed by atoms with Gasteiger partial charge in [-0.1, -0.05) is 41.4 Å². The first-order valence-corrected chi connectivity index (χ1v) is 14.7. The van der Waals surface area contributed by atoms with Crippen molar-refractivity contribution in [3.05, 3.63) is 99.3 Å². The number of nitrogens with zero attached hydrogens (tertiary/aromatic N) is 2. The van der Waals surface area contributed by atoms with Gasteiger partial charge in [0.05, 0.1) is 22.6 Å². The normalized spacial score (nSPS) is 12.7.